The molecule has 4 rings (SSSR count). The fraction of sp³-hybridized carbons (Fsp3) is 0.238. The van der Waals surface area contributed by atoms with Gasteiger partial charge in [-0.05, 0) is 46.9 Å². The van der Waals surface area contributed by atoms with Crippen molar-refractivity contribution in [3.8, 4) is 11.3 Å². The molecule has 0 bridgehead atoms. The van der Waals surface area contributed by atoms with E-state index >= 15 is 0 Å². The van der Waals surface area contributed by atoms with Crippen LogP contribution in [-0.2, 0) is 6.54 Å². The average molecular weight is 524 g/mol. The van der Waals surface area contributed by atoms with E-state index in [1.165, 1.54) is 0 Å². The number of aromatic nitrogens is 1. The SMILES string of the molecule is O=C(c1ccccc1I)N1CCN(Cc2nc(-c3ccc(Cl)cc3)cs2)CC1. The molecular formula is C21H19ClIN3OS. The molecule has 1 saturated heterocycles. The van der Waals surface area contributed by atoms with Crippen molar-refractivity contribution in [2.75, 3.05) is 26.2 Å². The molecule has 0 atom stereocenters. The lowest BCUT2D eigenvalue weighted by molar-refractivity contribution is 0.0627. The summed E-state index contributed by atoms with van der Waals surface area (Å²) >= 11 is 9.87. The minimum absolute atomic E-state index is 0.129. The molecule has 1 aromatic heterocycles. The molecule has 0 spiro atoms. The largest absolute Gasteiger partial charge is 0.336 e. The van der Waals surface area contributed by atoms with E-state index in [2.05, 4.69) is 32.9 Å². The second-order valence-electron chi connectivity index (χ2n) is 6.68. The molecule has 2 heterocycles. The summed E-state index contributed by atoms with van der Waals surface area (Å²) in [7, 11) is 0. The van der Waals surface area contributed by atoms with Crippen molar-refractivity contribution in [3.05, 3.63) is 73.1 Å². The van der Waals surface area contributed by atoms with E-state index in [4.69, 9.17) is 16.6 Å². The molecule has 0 saturated carbocycles. The number of rotatable bonds is 4. The highest BCUT2D eigenvalue weighted by molar-refractivity contribution is 14.1. The number of hydrogen-bond acceptors (Lipinski definition) is 4. The molecule has 2 aromatic carbocycles. The summed E-state index contributed by atoms with van der Waals surface area (Å²) in [5, 5.41) is 3.93. The molecule has 28 heavy (non-hydrogen) atoms. The Kier molecular flexibility index (Phi) is 6.30. The van der Waals surface area contributed by atoms with Crippen LogP contribution in [0.3, 0.4) is 0 Å². The van der Waals surface area contributed by atoms with Crippen LogP contribution in [0, 0.1) is 3.57 Å². The summed E-state index contributed by atoms with van der Waals surface area (Å²) in [6, 6.07) is 15.5. The first kappa shape index (κ1) is 19.8. The lowest BCUT2D eigenvalue weighted by atomic mass is 10.2. The smallest absolute Gasteiger partial charge is 0.255 e. The van der Waals surface area contributed by atoms with Crippen molar-refractivity contribution in [1.82, 2.24) is 14.8 Å². The Bertz CT molecular complexity index is 968. The Hall–Kier alpha value is -1.48. The van der Waals surface area contributed by atoms with Gasteiger partial charge in [0, 0.05) is 45.7 Å². The van der Waals surface area contributed by atoms with E-state index in [1.54, 1.807) is 11.3 Å². The van der Waals surface area contributed by atoms with Gasteiger partial charge in [0.25, 0.3) is 5.91 Å². The first-order valence-electron chi connectivity index (χ1n) is 9.06. The molecule has 1 fully saturated rings. The fourth-order valence-corrected chi connectivity index (χ4v) is 4.83. The van der Waals surface area contributed by atoms with Gasteiger partial charge in [-0.3, -0.25) is 9.69 Å². The van der Waals surface area contributed by atoms with E-state index in [9.17, 15) is 4.79 Å². The summed E-state index contributed by atoms with van der Waals surface area (Å²) in [5.74, 6) is 0.129. The number of carbonyl (C=O) groups is 1. The molecule has 0 unspecified atom stereocenters. The topological polar surface area (TPSA) is 36.4 Å². The van der Waals surface area contributed by atoms with Crippen LogP contribution in [0.4, 0.5) is 0 Å². The van der Waals surface area contributed by atoms with Crippen LogP contribution in [0.15, 0.2) is 53.9 Å². The third kappa shape index (κ3) is 4.56. The lowest BCUT2D eigenvalue weighted by Gasteiger charge is -2.34. The quantitative estimate of drug-likeness (QED) is 0.450. The second-order valence-corrected chi connectivity index (χ2v) is 9.22. The van der Waals surface area contributed by atoms with Crippen LogP contribution < -0.4 is 0 Å². The van der Waals surface area contributed by atoms with Crippen LogP contribution in [0.2, 0.25) is 5.02 Å². The third-order valence-corrected chi connectivity index (χ3v) is 6.84. The highest BCUT2D eigenvalue weighted by Crippen LogP contribution is 2.24. The van der Waals surface area contributed by atoms with Crippen molar-refractivity contribution in [2.24, 2.45) is 0 Å². The summed E-state index contributed by atoms with van der Waals surface area (Å²) in [6.07, 6.45) is 0. The van der Waals surface area contributed by atoms with Gasteiger partial charge in [-0.15, -0.1) is 11.3 Å². The Morgan fingerprint density at radius 1 is 1.07 bits per heavy atom. The van der Waals surface area contributed by atoms with Crippen molar-refractivity contribution in [2.45, 2.75) is 6.54 Å². The third-order valence-electron chi connectivity index (χ3n) is 4.81. The summed E-state index contributed by atoms with van der Waals surface area (Å²) in [5.41, 5.74) is 2.87. The Morgan fingerprint density at radius 3 is 2.50 bits per heavy atom. The minimum atomic E-state index is 0.129. The molecule has 0 radical (unpaired) electrons. The van der Waals surface area contributed by atoms with Gasteiger partial charge < -0.3 is 4.90 Å². The van der Waals surface area contributed by atoms with Gasteiger partial charge in [0.05, 0.1) is 17.8 Å². The van der Waals surface area contributed by atoms with Gasteiger partial charge >= 0.3 is 0 Å². The zero-order valence-electron chi connectivity index (χ0n) is 15.1. The molecule has 144 valence electrons. The first-order valence-corrected chi connectivity index (χ1v) is 11.4. The number of piperazine rings is 1. The number of benzene rings is 2. The summed E-state index contributed by atoms with van der Waals surface area (Å²) in [4.78, 5) is 21.8. The van der Waals surface area contributed by atoms with Crippen molar-refractivity contribution in [3.63, 3.8) is 0 Å². The Balaban J connectivity index is 1.34. The zero-order chi connectivity index (χ0) is 19.5. The van der Waals surface area contributed by atoms with E-state index in [0.717, 1.165) is 63.1 Å². The minimum Gasteiger partial charge on any atom is -0.336 e. The number of halogens is 2. The standard InChI is InChI=1S/C21H19ClIN3OS/c22-16-7-5-15(6-8-16)19-14-28-20(24-19)13-25-9-11-26(12-10-25)21(27)17-3-1-2-4-18(17)23/h1-8,14H,9-13H2. The van der Waals surface area contributed by atoms with Gasteiger partial charge in [-0.1, -0.05) is 35.9 Å². The van der Waals surface area contributed by atoms with E-state index in [1.807, 2.05) is 53.4 Å². The van der Waals surface area contributed by atoms with E-state index in [-0.39, 0.29) is 5.91 Å². The van der Waals surface area contributed by atoms with Crippen molar-refractivity contribution < 1.29 is 4.79 Å². The monoisotopic (exact) mass is 523 g/mol. The lowest BCUT2D eigenvalue weighted by Crippen LogP contribution is -2.48. The first-order chi connectivity index (χ1) is 13.6. The van der Waals surface area contributed by atoms with Gasteiger partial charge in [-0.25, -0.2) is 4.98 Å². The molecule has 4 nitrogen and oxygen atoms in total. The van der Waals surface area contributed by atoms with Crippen LogP contribution in [-0.4, -0.2) is 46.9 Å². The molecular weight excluding hydrogens is 505 g/mol. The number of carbonyl (C=O) groups excluding carboxylic acids is 1. The van der Waals surface area contributed by atoms with Gasteiger partial charge in [0.2, 0.25) is 0 Å². The maximum absolute atomic E-state index is 12.8. The van der Waals surface area contributed by atoms with Crippen LogP contribution >= 0.6 is 45.5 Å². The van der Waals surface area contributed by atoms with Crippen LogP contribution in [0.1, 0.15) is 15.4 Å². The Morgan fingerprint density at radius 2 is 1.79 bits per heavy atom. The molecule has 3 aromatic rings. The van der Waals surface area contributed by atoms with E-state index in [0.29, 0.717) is 0 Å². The van der Waals surface area contributed by atoms with Crippen LogP contribution in [0.5, 0.6) is 0 Å². The number of nitrogens with zero attached hydrogens (tertiary/aromatic N) is 3. The van der Waals surface area contributed by atoms with E-state index < -0.39 is 0 Å². The highest BCUT2D eigenvalue weighted by Gasteiger charge is 2.23. The van der Waals surface area contributed by atoms with Crippen LogP contribution in [0.25, 0.3) is 11.3 Å². The molecule has 0 aliphatic carbocycles. The van der Waals surface area contributed by atoms with Crippen molar-refractivity contribution >= 4 is 51.4 Å². The second kappa shape index (κ2) is 8.90. The summed E-state index contributed by atoms with van der Waals surface area (Å²) in [6.45, 7) is 4.05. The highest BCUT2D eigenvalue weighted by atomic mass is 127. The zero-order valence-corrected chi connectivity index (χ0v) is 18.9. The fourth-order valence-electron chi connectivity index (χ4n) is 3.24. The predicted molar refractivity (Wildman–Crippen MR) is 123 cm³/mol. The molecule has 1 amide bonds. The Labute approximate surface area is 187 Å². The summed E-state index contributed by atoms with van der Waals surface area (Å²) < 4.78 is 1.00. The normalized spacial score (nSPS) is 15.0. The van der Waals surface area contributed by atoms with Gasteiger partial charge in [0.1, 0.15) is 5.01 Å². The maximum atomic E-state index is 12.8. The maximum Gasteiger partial charge on any atom is 0.255 e. The van der Waals surface area contributed by atoms with Crippen molar-refractivity contribution in [1.29, 1.82) is 0 Å². The molecule has 7 heteroatoms. The van der Waals surface area contributed by atoms with Gasteiger partial charge in [-0.2, -0.15) is 0 Å². The number of hydrogen-bond donors (Lipinski definition) is 0. The number of thiazole rings is 1. The average Bonchev–Trinajstić information content (AvgIpc) is 3.17. The number of amides is 1. The van der Waals surface area contributed by atoms with Gasteiger partial charge in [0.15, 0.2) is 0 Å². The molecule has 1 aliphatic heterocycles. The molecule has 0 N–H and O–H groups in total. The molecule has 1 aliphatic rings. The predicted octanol–water partition coefficient (Wildman–Crippen LogP) is 5.03.